The molecule has 4 heteroatoms. The van der Waals surface area contributed by atoms with Crippen LogP contribution in [-0.2, 0) is 14.3 Å². The lowest BCUT2D eigenvalue weighted by molar-refractivity contribution is -0.144. The molecule has 0 aromatic carbocycles. The Morgan fingerprint density at radius 2 is 2.40 bits per heavy atom. The zero-order valence-electron chi connectivity index (χ0n) is 5.32. The molecule has 2 fully saturated rings. The predicted octanol–water partition coefficient (Wildman–Crippen LogP) is -0.733. The van der Waals surface area contributed by atoms with Gasteiger partial charge in [0.15, 0.2) is 6.29 Å². The maximum atomic E-state index is 10.6. The van der Waals surface area contributed by atoms with E-state index in [9.17, 15) is 4.79 Å². The quantitative estimate of drug-likeness (QED) is 0.455. The van der Waals surface area contributed by atoms with Gasteiger partial charge >= 0.3 is 5.97 Å². The second-order valence-corrected chi connectivity index (χ2v) is 2.62. The van der Waals surface area contributed by atoms with E-state index in [-0.39, 0.29) is 18.0 Å². The fourth-order valence-corrected chi connectivity index (χ4v) is 1.39. The van der Waals surface area contributed by atoms with Gasteiger partial charge in [-0.3, -0.25) is 4.79 Å². The first kappa shape index (κ1) is 6.12. The topological polar surface area (TPSA) is 55.8 Å². The minimum absolute atomic E-state index is 0.118. The minimum atomic E-state index is -0.795. The first-order chi connectivity index (χ1) is 4.77. The van der Waals surface area contributed by atoms with Crippen LogP contribution in [0.15, 0.2) is 0 Å². The third-order valence-corrected chi connectivity index (χ3v) is 1.96. The van der Waals surface area contributed by atoms with E-state index in [1.807, 2.05) is 0 Å². The number of esters is 1. The van der Waals surface area contributed by atoms with Crippen LogP contribution in [0.1, 0.15) is 6.42 Å². The molecule has 0 aromatic heterocycles. The molecule has 1 N–H and O–H groups in total. The number of aliphatic hydroxyl groups is 1. The molecule has 3 atom stereocenters. The molecule has 2 aliphatic heterocycles. The van der Waals surface area contributed by atoms with Crippen molar-refractivity contribution in [3.63, 3.8) is 0 Å². The largest absolute Gasteiger partial charge is 0.459 e. The number of carbonyl (C=O) groups is 1. The maximum absolute atomic E-state index is 10.6. The van der Waals surface area contributed by atoms with Crippen molar-refractivity contribution in [2.75, 3.05) is 6.61 Å². The number of hydrogen-bond donors (Lipinski definition) is 1. The summed E-state index contributed by atoms with van der Waals surface area (Å²) in [6.07, 6.45) is -0.690. The molecule has 10 heavy (non-hydrogen) atoms. The number of rotatable bonds is 0. The highest BCUT2D eigenvalue weighted by Crippen LogP contribution is 2.31. The van der Waals surface area contributed by atoms with Crippen molar-refractivity contribution in [2.45, 2.75) is 18.8 Å². The monoisotopic (exact) mass is 144 g/mol. The molecule has 0 radical (unpaired) electrons. The van der Waals surface area contributed by atoms with Crippen molar-refractivity contribution in [1.29, 1.82) is 0 Å². The number of ether oxygens (including phenoxy) is 2. The van der Waals surface area contributed by atoms with Crippen LogP contribution in [0, 0.1) is 5.92 Å². The number of fused-ring (bicyclic) bond motifs is 1. The highest BCUT2D eigenvalue weighted by atomic mass is 16.6. The van der Waals surface area contributed by atoms with Crippen LogP contribution >= 0.6 is 0 Å². The first-order valence-corrected chi connectivity index (χ1v) is 3.26. The molecule has 56 valence electrons. The zero-order valence-corrected chi connectivity index (χ0v) is 5.32. The van der Waals surface area contributed by atoms with E-state index in [1.165, 1.54) is 0 Å². The molecule has 2 heterocycles. The van der Waals surface area contributed by atoms with E-state index < -0.39 is 6.29 Å². The Kier molecular flexibility index (Phi) is 1.18. The molecular formula is C6H8O4. The van der Waals surface area contributed by atoms with Crippen molar-refractivity contribution >= 4 is 5.97 Å². The van der Waals surface area contributed by atoms with Crippen molar-refractivity contribution in [3.05, 3.63) is 0 Å². The smallest absolute Gasteiger partial charge is 0.306 e. The Labute approximate surface area is 57.7 Å². The highest BCUT2D eigenvalue weighted by Gasteiger charge is 2.45. The number of hydrogen-bond acceptors (Lipinski definition) is 4. The Bertz CT molecular complexity index is 167. The second kappa shape index (κ2) is 1.93. The van der Waals surface area contributed by atoms with Crippen LogP contribution in [0.4, 0.5) is 0 Å². The Hall–Kier alpha value is -0.610. The summed E-state index contributed by atoms with van der Waals surface area (Å²) in [7, 11) is 0. The highest BCUT2D eigenvalue weighted by molar-refractivity contribution is 5.72. The summed E-state index contributed by atoms with van der Waals surface area (Å²) in [6, 6.07) is 0. The fourth-order valence-electron chi connectivity index (χ4n) is 1.39. The summed E-state index contributed by atoms with van der Waals surface area (Å²) in [6.45, 7) is 0.345. The van der Waals surface area contributed by atoms with E-state index in [1.54, 1.807) is 0 Å². The molecule has 2 rings (SSSR count). The van der Waals surface area contributed by atoms with Crippen LogP contribution in [-0.4, -0.2) is 30.1 Å². The first-order valence-electron chi connectivity index (χ1n) is 3.26. The third-order valence-electron chi connectivity index (χ3n) is 1.96. The fraction of sp³-hybridized carbons (Fsp3) is 0.833. The zero-order chi connectivity index (χ0) is 7.14. The summed E-state index contributed by atoms with van der Waals surface area (Å²) in [5.41, 5.74) is 0. The van der Waals surface area contributed by atoms with Crippen LogP contribution in [0.2, 0.25) is 0 Å². The SMILES string of the molecule is O=C1C[C@@H]2[C@H](O)OC[C@@H]2O1. The lowest BCUT2D eigenvalue weighted by Crippen LogP contribution is -2.18. The molecular weight excluding hydrogens is 136 g/mol. The molecule has 4 nitrogen and oxygen atoms in total. The Balaban J connectivity index is 2.12. The van der Waals surface area contributed by atoms with Gasteiger partial charge in [0.1, 0.15) is 6.10 Å². The van der Waals surface area contributed by atoms with Gasteiger partial charge in [-0.05, 0) is 0 Å². The van der Waals surface area contributed by atoms with Crippen LogP contribution < -0.4 is 0 Å². The molecule has 0 bridgehead atoms. The van der Waals surface area contributed by atoms with Gasteiger partial charge in [-0.15, -0.1) is 0 Å². The van der Waals surface area contributed by atoms with E-state index >= 15 is 0 Å². The van der Waals surface area contributed by atoms with Crippen molar-refractivity contribution in [3.8, 4) is 0 Å². The lowest BCUT2D eigenvalue weighted by Gasteiger charge is -2.05. The van der Waals surface area contributed by atoms with Gasteiger partial charge in [0.25, 0.3) is 0 Å². The van der Waals surface area contributed by atoms with Gasteiger partial charge in [-0.2, -0.15) is 0 Å². The average molecular weight is 144 g/mol. The number of carbonyl (C=O) groups excluding carboxylic acids is 1. The van der Waals surface area contributed by atoms with Crippen molar-refractivity contribution in [1.82, 2.24) is 0 Å². The Morgan fingerprint density at radius 1 is 1.60 bits per heavy atom. The predicted molar refractivity (Wildman–Crippen MR) is 29.9 cm³/mol. The molecule has 0 unspecified atom stereocenters. The van der Waals surface area contributed by atoms with Gasteiger partial charge in [0.2, 0.25) is 0 Å². The standard InChI is InChI=1S/C6H8O4/c7-5-1-3-4(10-5)2-9-6(3)8/h3-4,6,8H,1-2H2/t3-,4-,6+/m0/s1. The number of aliphatic hydroxyl groups excluding tert-OH is 1. The van der Waals surface area contributed by atoms with Crippen LogP contribution in [0.25, 0.3) is 0 Å². The minimum Gasteiger partial charge on any atom is -0.459 e. The van der Waals surface area contributed by atoms with E-state index in [0.717, 1.165) is 0 Å². The molecule has 0 saturated carbocycles. The molecule has 0 amide bonds. The summed E-state index contributed by atoms with van der Waals surface area (Å²) >= 11 is 0. The normalized spacial score (nSPS) is 45.3. The maximum Gasteiger partial charge on any atom is 0.306 e. The molecule has 2 saturated heterocycles. The van der Waals surface area contributed by atoms with Crippen LogP contribution in [0.3, 0.4) is 0 Å². The summed E-state index contributed by atoms with van der Waals surface area (Å²) < 4.78 is 9.68. The van der Waals surface area contributed by atoms with Gasteiger partial charge in [-0.25, -0.2) is 0 Å². The molecule has 0 aliphatic carbocycles. The van der Waals surface area contributed by atoms with E-state index in [4.69, 9.17) is 14.6 Å². The summed E-state index contributed by atoms with van der Waals surface area (Å²) in [5.74, 6) is -0.343. The third kappa shape index (κ3) is 0.726. The van der Waals surface area contributed by atoms with Gasteiger partial charge in [0, 0.05) is 0 Å². The van der Waals surface area contributed by atoms with Crippen molar-refractivity contribution < 1.29 is 19.4 Å². The van der Waals surface area contributed by atoms with Crippen LogP contribution in [0.5, 0.6) is 0 Å². The van der Waals surface area contributed by atoms with Gasteiger partial charge in [-0.1, -0.05) is 0 Å². The second-order valence-electron chi connectivity index (χ2n) is 2.62. The van der Waals surface area contributed by atoms with Gasteiger partial charge in [0.05, 0.1) is 18.9 Å². The molecule has 2 aliphatic rings. The Morgan fingerprint density at radius 3 is 3.10 bits per heavy atom. The summed E-state index contributed by atoms with van der Waals surface area (Å²) in [5, 5.41) is 9.06. The summed E-state index contributed by atoms with van der Waals surface area (Å²) in [4.78, 5) is 10.6. The van der Waals surface area contributed by atoms with Gasteiger partial charge < -0.3 is 14.6 Å². The molecule has 0 spiro atoms. The average Bonchev–Trinajstić information content (AvgIpc) is 2.35. The van der Waals surface area contributed by atoms with E-state index in [2.05, 4.69) is 0 Å². The van der Waals surface area contributed by atoms with Crippen molar-refractivity contribution in [2.24, 2.45) is 5.92 Å². The molecule has 0 aromatic rings. The lowest BCUT2D eigenvalue weighted by atomic mass is 10.0. The van der Waals surface area contributed by atoms with E-state index in [0.29, 0.717) is 13.0 Å².